The Bertz CT molecular complexity index is 683. The van der Waals surface area contributed by atoms with Crippen molar-refractivity contribution in [1.82, 2.24) is 4.98 Å². The number of nitrogens with zero attached hydrogens (tertiary/aromatic N) is 1. The van der Waals surface area contributed by atoms with Crippen molar-refractivity contribution >= 4 is 11.6 Å². The summed E-state index contributed by atoms with van der Waals surface area (Å²) in [5.74, 6) is -0.583. The number of aromatic nitrogens is 1. The molecule has 2 rings (SSSR count). The molecule has 2 aromatic rings. The van der Waals surface area contributed by atoms with E-state index in [4.69, 9.17) is 11.6 Å². The molecule has 0 aliphatic rings. The van der Waals surface area contributed by atoms with Crippen molar-refractivity contribution in [2.45, 2.75) is 12.5 Å². The third-order valence-electron chi connectivity index (χ3n) is 2.54. The van der Waals surface area contributed by atoms with E-state index in [-0.39, 0.29) is 11.3 Å². The average Bonchev–Trinajstić information content (AvgIpc) is 2.35. The molecule has 1 heterocycles. The van der Waals surface area contributed by atoms with Gasteiger partial charge in [0.15, 0.2) is 0 Å². The topological polar surface area (TPSA) is 22.1 Å². The van der Waals surface area contributed by atoms with Gasteiger partial charge >= 0.3 is 12.5 Å². The molecule has 0 aliphatic carbocycles. The molecule has 22 heavy (non-hydrogen) atoms. The van der Waals surface area contributed by atoms with Crippen LogP contribution in [0.5, 0.6) is 5.75 Å². The fraction of sp³-hybridized carbons (Fsp3) is 0.154. The van der Waals surface area contributed by atoms with Gasteiger partial charge in [0.05, 0.1) is 16.3 Å². The van der Waals surface area contributed by atoms with Gasteiger partial charge in [-0.1, -0.05) is 23.7 Å². The molecule has 0 saturated carbocycles. The summed E-state index contributed by atoms with van der Waals surface area (Å²) >= 11 is 5.67. The SMILES string of the molecule is FC(F)(F)Oc1cccc(-c2nccc(C(F)(F)F)c2Cl)c1. The van der Waals surface area contributed by atoms with Gasteiger partial charge in [0.25, 0.3) is 0 Å². The lowest BCUT2D eigenvalue weighted by molar-refractivity contribution is -0.274. The quantitative estimate of drug-likeness (QED) is 0.690. The number of ether oxygens (including phenoxy) is 1. The maximum absolute atomic E-state index is 12.8. The maximum atomic E-state index is 12.8. The number of halogens is 7. The van der Waals surface area contributed by atoms with E-state index < -0.39 is 28.9 Å². The third-order valence-corrected chi connectivity index (χ3v) is 2.92. The Hall–Kier alpha value is -1.96. The Morgan fingerprint density at radius 3 is 2.27 bits per heavy atom. The number of rotatable bonds is 2. The highest BCUT2D eigenvalue weighted by atomic mass is 35.5. The predicted octanol–water partition coefficient (Wildman–Crippen LogP) is 5.32. The zero-order valence-corrected chi connectivity index (χ0v) is 11.2. The number of benzene rings is 1. The summed E-state index contributed by atoms with van der Waals surface area (Å²) in [5, 5.41) is -0.695. The van der Waals surface area contributed by atoms with Gasteiger partial charge in [-0.05, 0) is 18.2 Å². The molecule has 0 spiro atoms. The van der Waals surface area contributed by atoms with Crippen LogP contribution in [0.15, 0.2) is 36.5 Å². The average molecular weight is 342 g/mol. The van der Waals surface area contributed by atoms with Gasteiger partial charge in [0.1, 0.15) is 5.75 Å². The van der Waals surface area contributed by atoms with Crippen molar-refractivity contribution in [3.63, 3.8) is 0 Å². The molecule has 1 aromatic carbocycles. The summed E-state index contributed by atoms with van der Waals surface area (Å²) in [6.07, 6.45) is -8.74. The van der Waals surface area contributed by atoms with Gasteiger partial charge in [0, 0.05) is 11.8 Å². The molecule has 0 atom stereocenters. The van der Waals surface area contributed by atoms with Crippen LogP contribution in [0.25, 0.3) is 11.3 Å². The fourth-order valence-corrected chi connectivity index (χ4v) is 2.03. The smallest absolute Gasteiger partial charge is 0.406 e. The molecule has 0 saturated heterocycles. The first-order chi connectivity index (χ1) is 10.1. The van der Waals surface area contributed by atoms with Crippen LogP contribution in [-0.2, 0) is 6.18 Å². The van der Waals surface area contributed by atoms with Crippen molar-refractivity contribution in [3.8, 4) is 17.0 Å². The second kappa shape index (κ2) is 5.68. The number of pyridine rings is 1. The Labute approximate surface area is 125 Å². The minimum atomic E-state index is -4.91. The Balaban J connectivity index is 2.47. The van der Waals surface area contributed by atoms with Crippen LogP contribution >= 0.6 is 11.6 Å². The van der Waals surface area contributed by atoms with Gasteiger partial charge in [-0.15, -0.1) is 13.2 Å². The Morgan fingerprint density at radius 2 is 1.68 bits per heavy atom. The van der Waals surface area contributed by atoms with Gasteiger partial charge in [-0.2, -0.15) is 13.2 Å². The molecule has 0 radical (unpaired) electrons. The highest BCUT2D eigenvalue weighted by Gasteiger charge is 2.35. The first-order valence-corrected chi connectivity index (χ1v) is 6.03. The highest BCUT2D eigenvalue weighted by molar-refractivity contribution is 6.33. The van der Waals surface area contributed by atoms with Crippen molar-refractivity contribution in [2.75, 3.05) is 0 Å². The lowest BCUT2D eigenvalue weighted by Gasteiger charge is -2.13. The van der Waals surface area contributed by atoms with Crippen LogP contribution < -0.4 is 4.74 Å². The van der Waals surface area contributed by atoms with E-state index >= 15 is 0 Å². The van der Waals surface area contributed by atoms with Crippen LogP contribution in [0.4, 0.5) is 26.3 Å². The lowest BCUT2D eigenvalue weighted by atomic mass is 10.1. The second-order valence-corrected chi connectivity index (χ2v) is 4.47. The molecular weight excluding hydrogens is 336 g/mol. The fourth-order valence-electron chi connectivity index (χ4n) is 1.70. The molecule has 1 aromatic heterocycles. The molecule has 9 heteroatoms. The zero-order chi connectivity index (χ0) is 16.5. The van der Waals surface area contributed by atoms with E-state index in [1.807, 2.05) is 0 Å². The van der Waals surface area contributed by atoms with Gasteiger partial charge in [0.2, 0.25) is 0 Å². The predicted molar refractivity (Wildman–Crippen MR) is 66.4 cm³/mol. The monoisotopic (exact) mass is 341 g/mol. The largest absolute Gasteiger partial charge is 0.573 e. The molecule has 0 amide bonds. The summed E-state index contributed by atoms with van der Waals surface area (Å²) in [4.78, 5) is 3.69. The van der Waals surface area contributed by atoms with Crippen molar-refractivity contribution in [3.05, 3.63) is 47.1 Å². The first kappa shape index (κ1) is 16.4. The second-order valence-electron chi connectivity index (χ2n) is 4.09. The van der Waals surface area contributed by atoms with E-state index in [0.717, 1.165) is 18.3 Å². The van der Waals surface area contributed by atoms with Crippen molar-refractivity contribution in [1.29, 1.82) is 0 Å². The highest BCUT2D eigenvalue weighted by Crippen LogP contribution is 2.39. The minimum absolute atomic E-state index is 0.0298. The summed E-state index contributed by atoms with van der Waals surface area (Å²) in [6, 6.07) is 5.06. The summed E-state index contributed by atoms with van der Waals surface area (Å²) < 4.78 is 78.5. The standard InChI is InChI=1S/C13H6ClF6NO/c14-10-9(12(15,16)17)4-5-21-11(10)7-2-1-3-8(6-7)22-13(18,19)20/h1-6H. The number of hydrogen-bond acceptors (Lipinski definition) is 2. The van der Waals surface area contributed by atoms with Crippen LogP contribution in [-0.4, -0.2) is 11.3 Å². The van der Waals surface area contributed by atoms with Crippen molar-refractivity contribution < 1.29 is 31.1 Å². The molecule has 0 bridgehead atoms. The number of alkyl halides is 6. The van der Waals surface area contributed by atoms with Crippen LogP contribution in [0, 0.1) is 0 Å². The molecule has 118 valence electrons. The third kappa shape index (κ3) is 3.82. The molecule has 0 N–H and O–H groups in total. The minimum Gasteiger partial charge on any atom is -0.406 e. The normalized spacial score (nSPS) is 12.3. The summed E-state index contributed by atoms with van der Waals surface area (Å²) in [6.45, 7) is 0. The van der Waals surface area contributed by atoms with E-state index in [2.05, 4.69) is 9.72 Å². The molecule has 2 nitrogen and oxygen atoms in total. The Morgan fingerprint density at radius 1 is 1.00 bits per heavy atom. The zero-order valence-electron chi connectivity index (χ0n) is 10.5. The van der Waals surface area contributed by atoms with Crippen LogP contribution in [0.3, 0.4) is 0 Å². The lowest BCUT2D eigenvalue weighted by Crippen LogP contribution is -2.17. The van der Waals surface area contributed by atoms with Crippen LogP contribution in [0.2, 0.25) is 5.02 Å². The van der Waals surface area contributed by atoms with Gasteiger partial charge in [-0.25, -0.2) is 0 Å². The van der Waals surface area contributed by atoms with Gasteiger partial charge in [-0.3, -0.25) is 4.98 Å². The molecule has 0 unspecified atom stereocenters. The summed E-state index contributed by atoms with van der Waals surface area (Å²) in [5.41, 5.74) is -1.44. The Kier molecular flexibility index (Phi) is 4.23. The summed E-state index contributed by atoms with van der Waals surface area (Å²) in [7, 11) is 0. The molecule has 0 fully saturated rings. The van der Waals surface area contributed by atoms with Crippen LogP contribution in [0.1, 0.15) is 5.56 Å². The van der Waals surface area contributed by atoms with Crippen molar-refractivity contribution in [2.24, 2.45) is 0 Å². The van der Waals surface area contributed by atoms with Gasteiger partial charge < -0.3 is 4.74 Å². The van der Waals surface area contributed by atoms with E-state index in [0.29, 0.717) is 6.07 Å². The van der Waals surface area contributed by atoms with E-state index in [1.54, 1.807) is 0 Å². The van der Waals surface area contributed by atoms with E-state index in [1.165, 1.54) is 12.1 Å². The number of hydrogen-bond donors (Lipinski definition) is 0. The van der Waals surface area contributed by atoms with E-state index in [9.17, 15) is 26.3 Å². The maximum Gasteiger partial charge on any atom is 0.573 e. The molecular formula is C13H6ClF6NO. The first-order valence-electron chi connectivity index (χ1n) is 5.66. The molecule has 0 aliphatic heterocycles.